The van der Waals surface area contributed by atoms with Crippen molar-refractivity contribution in [2.75, 3.05) is 13.1 Å². The van der Waals surface area contributed by atoms with E-state index in [2.05, 4.69) is 17.1 Å². The van der Waals surface area contributed by atoms with Crippen molar-refractivity contribution in [1.29, 1.82) is 0 Å². The molecule has 1 amide bonds. The van der Waals surface area contributed by atoms with E-state index >= 15 is 0 Å². The van der Waals surface area contributed by atoms with Crippen molar-refractivity contribution in [2.24, 2.45) is 17.6 Å². The van der Waals surface area contributed by atoms with Crippen LogP contribution in [0.3, 0.4) is 0 Å². The van der Waals surface area contributed by atoms with E-state index < -0.39 is 0 Å². The van der Waals surface area contributed by atoms with Gasteiger partial charge >= 0.3 is 0 Å². The maximum Gasteiger partial charge on any atom is 0.220 e. The second kappa shape index (κ2) is 5.41. The largest absolute Gasteiger partial charge is 0.352 e. The highest BCUT2D eigenvalue weighted by molar-refractivity contribution is 5.76. The summed E-state index contributed by atoms with van der Waals surface area (Å²) < 4.78 is 0. The molecule has 2 aliphatic carbocycles. The van der Waals surface area contributed by atoms with Gasteiger partial charge in [-0.3, -0.25) is 9.69 Å². The number of rotatable bonds is 4. The van der Waals surface area contributed by atoms with Crippen molar-refractivity contribution in [3.8, 4) is 0 Å². The summed E-state index contributed by atoms with van der Waals surface area (Å²) in [6, 6.07) is 1.41. The molecule has 4 nitrogen and oxygen atoms in total. The van der Waals surface area contributed by atoms with Gasteiger partial charge in [0.2, 0.25) is 5.91 Å². The van der Waals surface area contributed by atoms with Gasteiger partial charge in [0.25, 0.3) is 0 Å². The molecule has 3 fully saturated rings. The number of carbonyl (C=O) groups excluding carboxylic acids is 1. The Bertz CT molecular complexity index is 342. The maximum absolute atomic E-state index is 12.2. The summed E-state index contributed by atoms with van der Waals surface area (Å²) in [4.78, 5) is 14.7. The normalized spacial score (nSPS) is 39.7. The van der Waals surface area contributed by atoms with Gasteiger partial charge in [0, 0.05) is 37.6 Å². The fourth-order valence-electron chi connectivity index (χ4n) is 3.75. The molecular formula is C15H27N3O. The molecule has 3 aliphatic rings. The van der Waals surface area contributed by atoms with Crippen molar-refractivity contribution < 1.29 is 4.79 Å². The molecule has 19 heavy (non-hydrogen) atoms. The Morgan fingerprint density at radius 3 is 2.68 bits per heavy atom. The van der Waals surface area contributed by atoms with E-state index in [0.717, 1.165) is 32.0 Å². The van der Waals surface area contributed by atoms with Crippen molar-refractivity contribution >= 4 is 5.91 Å². The first-order valence-electron chi connectivity index (χ1n) is 7.92. The Kier molecular flexibility index (Phi) is 3.81. The third-order valence-electron chi connectivity index (χ3n) is 5.22. The molecule has 108 valence electrons. The van der Waals surface area contributed by atoms with E-state index in [-0.39, 0.29) is 11.9 Å². The predicted octanol–water partition coefficient (Wildman–Crippen LogP) is 1.10. The van der Waals surface area contributed by atoms with Gasteiger partial charge in [0.15, 0.2) is 0 Å². The minimum absolute atomic E-state index is 0.219. The number of hydrogen-bond acceptors (Lipinski definition) is 3. The number of nitrogens with one attached hydrogen (secondary N) is 1. The van der Waals surface area contributed by atoms with Gasteiger partial charge in [-0.05, 0) is 37.5 Å². The molecule has 1 saturated heterocycles. The van der Waals surface area contributed by atoms with Gasteiger partial charge < -0.3 is 11.1 Å². The SMILES string of the molecule is CC1CN(C2CC2)CC1NC(=O)C[C@@H]1CCC[C@H]1N. The standard InChI is InChI=1S/C15H27N3O/c1-10-8-18(12-5-6-12)9-14(10)17-15(19)7-11-3-2-4-13(11)16/h10-14H,2-9,16H2,1H3,(H,17,19)/t10?,11-,13+,14?/m0/s1. The molecule has 1 aliphatic heterocycles. The number of hydrogen-bond donors (Lipinski definition) is 2. The third-order valence-corrected chi connectivity index (χ3v) is 5.22. The molecule has 1 heterocycles. The number of nitrogens with zero attached hydrogens (tertiary/aromatic N) is 1. The molecule has 2 unspecified atom stereocenters. The van der Waals surface area contributed by atoms with E-state index in [1.807, 2.05) is 0 Å². The smallest absolute Gasteiger partial charge is 0.220 e. The first-order valence-corrected chi connectivity index (χ1v) is 7.92. The lowest BCUT2D eigenvalue weighted by atomic mass is 9.99. The van der Waals surface area contributed by atoms with Crippen LogP contribution in [-0.2, 0) is 4.79 Å². The summed E-state index contributed by atoms with van der Waals surface area (Å²) in [5.41, 5.74) is 6.04. The summed E-state index contributed by atoms with van der Waals surface area (Å²) in [5.74, 6) is 1.22. The van der Waals surface area contributed by atoms with Gasteiger partial charge in [-0.2, -0.15) is 0 Å². The molecule has 0 aromatic heterocycles. The zero-order chi connectivity index (χ0) is 13.4. The van der Waals surface area contributed by atoms with E-state index in [9.17, 15) is 4.79 Å². The van der Waals surface area contributed by atoms with Crippen LogP contribution in [0.1, 0.15) is 45.4 Å². The maximum atomic E-state index is 12.2. The van der Waals surface area contributed by atoms with Crippen molar-refractivity contribution in [3.63, 3.8) is 0 Å². The monoisotopic (exact) mass is 265 g/mol. The molecule has 0 aromatic carbocycles. The zero-order valence-electron chi connectivity index (χ0n) is 12.0. The topological polar surface area (TPSA) is 58.4 Å². The van der Waals surface area contributed by atoms with Crippen LogP contribution < -0.4 is 11.1 Å². The summed E-state index contributed by atoms with van der Waals surface area (Å²) in [6.45, 7) is 4.46. The van der Waals surface area contributed by atoms with E-state index in [1.165, 1.54) is 19.3 Å². The summed E-state index contributed by atoms with van der Waals surface area (Å²) in [7, 11) is 0. The summed E-state index contributed by atoms with van der Waals surface area (Å²) >= 11 is 0. The van der Waals surface area contributed by atoms with Crippen LogP contribution in [0.15, 0.2) is 0 Å². The van der Waals surface area contributed by atoms with Crippen LogP contribution in [0.2, 0.25) is 0 Å². The van der Waals surface area contributed by atoms with E-state index in [0.29, 0.717) is 24.3 Å². The fraction of sp³-hybridized carbons (Fsp3) is 0.933. The molecule has 0 bridgehead atoms. The number of carbonyl (C=O) groups is 1. The Labute approximate surface area is 116 Å². The van der Waals surface area contributed by atoms with Crippen LogP contribution in [-0.4, -0.2) is 42.0 Å². The molecular weight excluding hydrogens is 238 g/mol. The lowest BCUT2D eigenvalue weighted by Gasteiger charge is -2.20. The van der Waals surface area contributed by atoms with Crippen LogP contribution in [0.4, 0.5) is 0 Å². The minimum Gasteiger partial charge on any atom is -0.352 e. The molecule has 4 atom stereocenters. The highest BCUT2D eigenvalue weighted by Crippen LogP contribution is 2.32. The highest BCUT2D eigenvalue weighted by atomic mass is 16.1. The van der Waals surface area contributed by atoms with E-state index in [4.69, 9.17) is 5.73 Å². The Hall–Kier alpha value is -0.610. The van der Waals surface area contributed by atoms with Gasteiger partial charge in [-0.15, -0.1) is 0 Å². The highest BCUT2D eigenvalue weighted by Gasteiger charge is 2.38. The summed E-state index contributed by atoms with van der Waals surface area (Å²) in [5, 5.41) is 3.25. The Morgan fingerprint density at radius 1 is 1.26 bits per heavy atom. The average molecular weight is 265 g/mol. The number of amides is 1. The zero-order valence-corrected chi connectivity index (χ0v) is 12.0. The van der Waals surface area contributed by atoms with Gasteiger partial charge in [-0.1, -0.05) is 13.3 Å². The van der Waals surface area contributed by atoms with Crippen LogP contribution >= 0.6 is 0 Å². The molecule has 2 saturated carbocycles. The molecule has 0 radical (unpaired) electrons. The van der Waals surface area contributed by atoms with Crippen molar-refractivity contribution in [1.82, 2.24) is 10.2 Å². The molecule has 0 aromatic rings. The van der Waals surface area contributed by atoms with Crippen molar-refractivity contribution in [2.45, 2.75) is 63.6 Å². The predicted molar refractivity (Wildman–Crippen MR) is 75.6 cm³/mol. The Balaban J connectivity index is 1.46. The fourth-order valence-corrected chi connectivity index (χ4v) is 3.75. The van der Waals surface area contributed by atoms with E-state index in [1.54, 1.807) is 0 Å². The van der Waals surface area contributed by atoms with Crippen molar-refractivity contribution in [3.05, 3.63) is 0 Å². The first-order chi connectivity index (χ1) is 9.13. The second-order valence-corrected chi connectivity index (χ2v) is 6.90. The van der Waals surface area contributed by atoms with Gasteiger partial charge in [0.1, 0.15) is 0 Å². The minimum atomic E-state index is 0.219. The number of nitrogens with two attached hydrogens (primary N) is 1. The van der Waals surface area contributed by atoms with Gasteiger partial charge in [-0.25, -0.2) is 0 Å². The average Bonchev–Trinajstić information content (AvgIpc) is 3.05. The molecule has 3 N–H and O–H groups in total. The molecule has 3 rings (SSSR count). The van der Waals surface area contributed by atoms with Crippen LogP contribution in [0.25, 0.3) is 0 Å². The number of likely N-dealkylation sites (tertiary alicyclic amines) is 1. The molecule has 4 heteroatoms. The first kappa shape index (κ1) is 13.4. The van der Waals surface area contributed by atoms with Gasteiger partial charge in [0.05, 0.1) is 0 Å². The lowest BCUT2D eigenvalue weighted by molar-refractivity contribution is -0.122. The van der Waals surface area contributed by atoms with Crippen LogP contribution in [0, 0.1) is 11.8 Å². The molecule has 0 spiro atoms. The quantitative estimate of drug-likeness (QED) is 0.800. The Morgan fingerprint density at radius 2 is 2.05 bits per heavy atom. The lowest BCUT2D eigenvalue weighted by Crippen LogP contribution is -2.41. The van der Waals surface area contributed by atoms with Crippen LogP contribution in [0.5, 0.6) is 0 Å². The second-order valence-electron chi connectivity index (χ2n) is 6.90. The summed E-state index contributed by atoms with van der Waals surface area (Å²) in [6.07, 6.45) is 6.74. The third kappa shape index (κ3) is 3.11.